The monoisotopic (exact) mass is 416 g/mol. The summed E-state index contributed by atoms with van der Waals surface area (Å²) in [5, 5.41) is 10.3. The summed E-state index contributed by atoms with van der Waals surface area (Å²) in [6.07, 6.45) is 12.9. The van der Waals surface area contributed by atoms with Gasteiger partial charge in [0.25, 0.3) is 0 Å². The summed E-state index contributed by atoms with van der Waals surface area (Å²) in [4.78, 5) is 0. The highest BCUT2D eigenvalue weighted by Gasteiger charge is 2.69. The van der Waals surface area contributed by atoms with Crippen molar-refractivity contribution in [2.24, 2.45) is 52.3 Å². The van der Waals surface area contributed by atoms with Gasteiger partial charge in [0.2, 0.25) is 0 Å². The topological polar surface area (TPSA) is 38.7 Å². The van der Waals surface area contributed by atoms with E-state index in [2.05, 4.69) is 27.7 Å². The summed E-state index contributed by atoms with van der Waals surface area (Å²) in [5.74, 6) is 4.93. The molecule has 0 aromatic carbocycles. The molecule has 0 amide bonds. The van der Waals surface area contributed by atoms with Crippen LogP contribution < -0.4 is 0 Å². The number of aliphatic hydroxyl groups excluding tert-OH is 1. The summed E-state index contributed by atoms with van der Waals surface area (Å²) in [7, 11) is 0. The third kappa shape index (κ3) is 2.61. The van der Waals surface area contributed by atoms with Gasteiger partial charge in [0.05, 0.1) is 18.8 Å². The van der Waals surface area contributed by atoms with Crippen LogP contribution in [0.4, 0.5) is 0 Å². The van der Waals surface area contributed by atoms with E-state index >= 15 is 0 Å². The lowest BCUT2D eigenvalue weighted by Gasteiger charge is -2.61. The van der Waals surface area contributed by atoms with Gasteiger partial charge in [0.1, 0.15) is 0 Å². The zero-order valence-corrected chi connectivity index (χ0v) is 19.7. The van der Waals surface area contributed by atoms with E-state index < -0.39 is 0 Å². The Morgan fingerprint density at radius 2 is 1.63 bits per heavy atom. The zero-order valence-electron chi connectivity index (χ0n) is 19.7. The van der Waals surface area contributed by atoms with Gasteiger partial charge in [-0.3, -0.25) is 0 Å². The normalized spacial score (nSPS) is 62.5. The Kier molecular flexibility index (Phi) is 4.58. The summed E-state index contributed by atoms with van der Waals surface area (Å²) in [6.45, 7) is 10.9. The Morgan fingerprint density at radius 3 is 2.40 bits per heavy atom. The van der Waals surface area contributed by atoms with Gasteiger partial charge in [-0.2, -0.15) is 0 Å². The first-order valence-electron chi connectivity index (χ1n) is 13.3. The maximum atomic E-state index is 10.3. The fourth-order valence-corrected chi connectivity index (χ4v) is 10.3. The molecular formula is C27H44O3. The van der Waals surface area contributed by atoms with E-state index in [0.717, 1.165) is 49.5 Å². The van der Waals surface area contributed by atoms with Gasteiger partial charge < -0.3 is 14.6 Å². The van der Waals surface area contributed by atoms with Gasteiger partial charge in [-0.25, -0.2) is 0 Å². The van der Waals surface area contributed by atoms with E-state index in [9.17, 15) is 5.11 Å². The molecule has 170 valence electrons. The standard InChI is InChI=1S/C27H44O3/c1-16-7-12-27(29-15-16)17(2)24-23(30-27)14-22-20-6-5-18-13-19(28)8-10-25(18,3)21(20)9-11-26(22,24)4/h16-24,28H,5-15H2,1-4H3/t16?,17-,18?,19?,20+,21+,22-,23+,24-,25-,26-,27+/m0/s1. The van der Waals surface area contributed by atoms with Crippen LogP contribution in [0.15, 0.2) is 0 Å². The van der Waals surface area contributed by atoms with E-state index in [-0.39, 0.29) is 11.9 Å². The number of ether oxygens (including phenoxy) is 2. The highest BCUT2D eigenvalue weighted by molar-refractivity contribution is 5.15. The molecule has 12 atom stereocenters. The first-order chi connectivity index (χ1) is 14.3. The molecule has 1 N–H and O–H groups in total. The Bertz CT molecular complexity index is 684. The van der Waals surface area contributed by atoms with Gasteiger partial charge in [-0.05, 0) is 104 Å². The van der Waals surface area contributed by atoms with Gasteiger partial charge in [0.15, 0.2) is 5.79 Å². The summed E-state index contributed by atoms with van der Waals surface area (Å²) in [5.41, 5.74) is 0.899. The van der Waals surface area contributed by atoms with E-state index in [4.69, 9.17) is 9.47 Å². The number of fused-ring (bicyclic) bond motifs is 7. The van der Waals surface area contributed by atoms with Crippen LogP contribution in [0.5, 0.6) is 0 Å². The number of rotatable bonds is 0. The molecule has 0 aromatic heterocycles. The molecule has 30 heavy (non-hydrogen) atoms. The van der Waals surface area contributed by atoms with Crippen molar-refractivity contribution < 1.29 is 14.6 Å². The molecule has 2 aliphatic heterocycles. The number of hydrogen-bond acceptors (Lipinski definition) is 3. The predicted molar refractivity (Wildman–Crippen MR) is 118 cm³/mol. The van der Waals surface area contributed by atoms with Crippen molar-refractivity contribution in [3.8, 4) is 0 Å². The lowest BCUT2D eigenvalue weighted by Crippen LogP contribution is -2.55. The first kappa shape index (κ1) is 20.5. The Labute approximate surface area is 183 Å². The van der Waals surface area contributed by atoms with Crippen LogP contribution in [0, 0.1) is 52.3 Å². The van der Waals surface area contributed by atoms with E-state index in [1.54, 1.807) is 0 Å². The van der Waals surface area contributed by atoms with Crippen molar-refractivity contribution in [1.82, 2.24) is 0 Å². The Hall–Kier alpha value is -0.120. The Balaban J connectivity index is 1.26. The molecule has 2 heterocycles. The molecular weight excluding hydrogens is 372 g/mol. The molecule has 4 aliphatic carbocycles. The highest BCUT2D eigenvalue weighted by Crippen LogP contribution is 2.71. The summed E-state index contributed by atoms with van der Waals surface area (Å²) >= 11 is 0. The minimum absolute atomic E-state index is 0.0389. The van der Waals surface area contributed by atoms with Crippen LogP contribution in [-0.4, -0.2) is 29.7 Å². The van der Waals surface area contributed by atoms with Gasteiger partial charge in [-0.1, -0.05) is 27.7 Å². The average Bonchev–Trinajstić information content (AvgIpc) is 3.16. The van der Waals surface area contributed by atoms with Gasteiger partial charge in [-0.15, -0.1) is 0 Å². The zero-order chi connectivity index (χ0) is 20.9. The van der Waals surface area contributed by atoms with Crippen molar-refractivity contribution in [1.29, 1.82) is 0 Å². The maximum absolute atomic E-state index is 10.3. The average molecular weight is 417 g/mol. The Morgan fingerprint density at radius 1 is 0.833 bits per heavy atom. The fourth-order valence-electron chi connectivity index (χ4n) is 10.3. The van der Waals surface area contributed by atoms with Crippen LogP contribution in [0.3, 0.4) is 0 Å². The molecule has 0 radical (unpaired) electrons. The van der Waals surface area contributed by atoms with Gasteiger partial charge >= 0.3 is 0 Å². The largest absolute Gasteiger partial charge is 0.393 e. The van der Waals surface area contributed by atoms with Crippen molar-refractivity contribution in [2.45, 2.75) is 110 Å². The number of aliphatic hydroxyl groups is 1. The summed E-state index contributed by atoms with van der Waals surface area (Å²) in [6, 6.07) is 0. The predicted octanol–water partition coefficient (Wildman–Crippen LogP) is 5.79. The SMILES string of the molecule is CC1CC[C@@]2(OC1)O[C@@H]1C[C@H]3[C@@H]4CCC5CC(O)CC[C@]5(C)[C@@H]4CC[C@]3(C)[C@H]1[C@@H]2C. The van der Waals surface area contributed by atoms with Crippen LogP contribution >= 0.6 is 0 Å². The van der Waals surface area contributed by atoms with Gasteiger partial charge in [0, 0.05) is 12.3 Å². The highest BCUT2D eigenvalue weighted by atomic mass is 16.7. The second-order valence-electron chi connectivity index (χ2n) is 13.1. The fraction of sp³-hybridized carbons (Fsp3) is 1.00. The molecule has 0 aromatic rings. The molecule has 6 fully saturated rings. The van der Waals surface area contributed by atoms with E-state index in [1.165, 1.54) is 44.9 Å². The first-order valence-corrected chi connectivity index (χ1v) is 13.3. The smallest absolute Gasteiger partial charge is 0.171 e. The maximum Gasteiger partial charge on any atom is 0.171 e. The van der Waals surface area contributed by atoms with Crippen LogP contribution in [0.2, 0.25) is 0 Å². The van der Waals surface area contributed by atoms with Crippen LogP contribution in [0.25, 0.3) is 0 Å². The second kappa shape index (κ2) is 6.70. The minimum Gasteiger partial charge on any atom is -0.393 e. The molecule has 3 nitrogen and oxygen atoms in total. The molecule has 0 bridgehead atoms. The molecule has 2 saturated heterocycles. The quantitative estimate of drug-likeness (QED) is 0.543. The molecule has 3 unspecified atom stereocenters. The third-order valence-electron chi connectivity index (χ3n) is 11.9. The lowest BCUT2D eigenvalue weighted by atomic mass is 9.44. The van der Waals surface area contributed by atoms with Crippen molar-refractivity contribution >= 4 is 0 Å². The second-order valence-corrected chi connectivity index (χ2v) is 13.1. The molecule has 6 aliphatic rings. The molecule has 1 spiro atoms. The molecule has 6 rings (SSSR count). The van der Waals surface area contributed by atoms with Crippen LogP contribution in [-0.2, 0) is 9.47 Å². The summed E-state index contributed by atoms with van der Waals surface area (Å²) < 4.78 is 13.4. The van der Waals surface area contributed by atoms with E-state index in [0.29, 0.717) is 34.7 Å². The van der Waals surface area contributed by atoms with Crippen molar-refractivity contribution in [3.05, 3.63) is 0 Å². The molecule has 3 heteroatoms. The van der Waals surface area contributed by atoms with Crippen molar-refractivity contribution in [3.63, 3.8) is 0 Å². The minimum atomic E-state index is -0.282. The third-order valence-corrected chi connectivity index (χ3v) is 11.9. The van der Waals surface area contributed by atoms with E-state index in [1.807, 2.05) is 0 Å². The number of hydrogen-bond donors (Lipinski definition) is 1. The lowest BCUT2D eigenvalue weighted by molar-refractivity contribution is -0.273. The molecule has 4 saturated carbocycles. The van der Waals surface area contributed by atoms with Crippen LogP contribution in [0.1, 0.15) is 91.9 Å². The van der Waals surface area contributed by atoms with Crippen molar-refractivity contribution in [2.75, 3.05) is 6.61 Å².